The van der Waals surface area contributed by atoms with Gasteiger partial charge in [-0.3, -0.25) is 14.7 Å². The Kier molecular flexibility index (Phi) is 3.88. The number of amides is 1. The smallest absolute Gasteiger partial charge is 0.230 e. The van der Waals surface area contributed by atoms with Crippen LogP contribution in [-0.4, -0.2) is 46.9 Å². The van der Waals surface area contributed by atoms with Crippen LogP contribution >= 0.6 is 0 Å². The molecule has 0 aromatic carbocycles. The largest absolute Gasteiger partial charge is 0.342 e. The number of aryl methyl sites for hydroxylation is 1. The molecule has 0 bridgehead atoms. The zero-order valence-electron chi connectivity index (χ0n) is 14.1. The summed E-state index contributed by atoms with van der Waals surface area (Å²) in [4.78, 5) is 22.3. The maximum absolute atomic E-state index is 13.0. The molecule has 4 rings (SSSR count). The second-order valence-corrected chi connectivity index (χ2v) is 7.81. The second-order valence-electron chi connectivity index (χ2n) is 7.81. The normalized spacial score (nSPS) is 28.7. The van der Waals surface area contributed by atoms with Crippen LogP contribution in [0.25, 0.3) is 0 Å². The molecule has 0 N–H and O–H groups in total. The number of carbonyl (C=O) groups is 1. The van der Waals surface area contributed by atoms with Gasteiger partial charge in [-0.2, -0.15) is 0 Å². The molecule has 2 aliphatic heterocycles. The van der Waals surface area contributed by atoms with Gasteiger partial charge in [0, 0.05) is 31.9 Å². The molecule has 23 heavy (non-hydrogen) atoms. The third kappa shape index (κ3) is 3.14. The van der Waals surface area contributed by atoms with Crippen molar-refractivity contribution in [2.75, 3.05) is 26.2 Å². The Labute approximate surface area is 138 Å². The van der Waals surface area contributed by atoms with Gasteiger partial charge in [0.15, 0.2) is 0 Å². The van der Waals surface area contributed by atoms with Crippen LogP contribution in [0.15, 0.2) is 18.2 Å². The van der Waals surface area contributed by atoms with E-state index in [1.54, 1.807) is 0 Å². The van der Waals surface area contributed by atoms with Gasteiger partial charge in [-0.1, -0.05) is 6.07 Å². The van der Waals surface area contributed by atoms with Crippen molar-refractivity contribution in [1.29, 1.82) is 0 Å². The molecule has 3 heterocycles. The van der Waals surface area contributed by atoms with Crippen LogP contribution in [0.5, 0.6) is 0 Å². The molecule has 124 valence electrons. The van der Waals surface area contributed by atoms with Crippen molar-refractivity contribution >= 4 is 5.91 Å². The van der Waals surface area contributed by atoms with Gasteiger partial charge in [-0.25, -0.2) is 0 Å². The van der Waals surface area contributed by atoms with Crippen molar-refractivity contribution in [3.63, 3.8) is 0 Å². The third-order valence-corrected chi connectivity index (χ3v) is 5.76. The van der Waals surface area contributed by atoms with Gasteiger partial charge < -0.3 is 4.90 Å². The molecule has 1 spiro atoms. The van der Waals surface area contributed by atoms with E-state index in [0.717, 1.165) is 62.9 Å². The van der Waals surface area contributed by atoms with Crippen LogP contribution < -0.4 is 0 Å². The van der Waals surface area contributed by atoms with Crippen LogP contribution in [0.4, 0.5) is 0 Å². The average molecular weight is 313 g/mol. The highest BCUT2D eigenvalue weighted by Gasteiger charge is 2.48. The quantitative estimate of drug-likeness (QED) is 0.857. The van der Waals surface area contributed by atoms with Crippen molar-refractivity contribution in [1.82, 2.24) is 14.8 Å². The lowest BCUT2D eigenvalue weighted by Gasteiger charge is -2.39. The summed E-state index contributed by atoms with van der Waals surface area (Å²) in [6.45, 7) is 6.85. The van der Waals surface area contributed by atoms with Crippen LogP contribution in [0.1, 0.15) is 43.5 Å². The van der Waals surface area contributed by atoms with Gasteiger partial charge in [-0.05, 0) is 63.6 Å². The summed E-state index contributed by atoms with van der Waals surface area (Å²) < 4.78 is 0. The molecule has 1 amide bonds. The third-order valence-electron chi connectivity index (χ3n) is 5.76. The number of piperidine rings is 1. The molecule has 1 aliphatic carbocycles. The first-order valence-electron chi connectivity index (χ1n) is 9.09. The van der Waals surface area contributed by atoms with Crippen molar-refractivity contribution < 1.29 is 4.79 Å². The monoisotopic (exact) mass is 313 g/mol. The van der Waals surface area contributed by atoms with Gasteiger partial charge in [0.1, 0.15) is 0 Å². The van der Waals surface area contributed by atoms with Gasteiger partial charge in [-0.15, -0.1) is 0 Å². The lowest BCUT2D eigenvalue weighted by molar-refractivity contribution is -0.145. The lowest BCUT2D eigenvalue weighted by Crippen LogP contribution is -2.50. The molecule has 4 nitrogen and oxygen atoms in total. The van der Waals surface area contributed by atoms with E-state index >= 15 is 0 Å². The van der Waals surface area contributed by atoms with Crippen LogP contribution in [0, 0.1) is 18.3 Å². The predicted octanol–water partition coefficient (Wildman–Crippen LogP) is 2.61. The topological polar surface area (TPSA) is 36.4 Å². The summed E-state index contributed by atoms with van der Waals surface area (Å²) in [5.41, 5.74) is 2.10. The SMILES string of the molecule is Cc1cccc(CN2CC[C@]3(CCCN(CC4CC4)C3=O)C2)n1. The predicted molar refractivity (Wildman–Crippen MR) is 89.8 cm³/mol. The number of likely N-dealkylation sites (tertiary alicyclic amines) is 2. The molecule has 3 fully saturated rings. The highest BCUT2D eigenvalue weighted by atomic mass is 16.2. The van der Waals surface area contributed by atoms with E-state index in [2.05, 4.69) is 26.9 Å². The maximum atomic E-state index is 13.0. The number of aromatic nitrogens is 1. The Hall–Kier alpha value is -1.42. The molecule has 1 aromatic heterocycles. The average Bonchev–Trinajstić information content (AvgIpc) is 3.25. The molecule has 1 atom stereocenters. The summed E-state index contributed by atoms with van der Waals surface area (Å²) in [7, 11) is 0. The summed E-state index contributed by atoms with van der Waals surface area (Å²) in [6, 6.07) is 6.21. The van der Waals surface area contributed by atoms with E-state index < -0.39 is 0 Å². The van der Waals surface area contributed by atoms with E-state index in [1.807, 2.05) is 13.0 Å². The summed E-state index contributed by atoms with van der Waals surface area (Å²) in [5, 5.41) is 0. The minimum Gasteiger partial charge on any atom is -0.342 e. The van der Waals surface area contributed by atoms with Crippen molar-refractivity contribution in [2.24, 2.45) is 11.3 Å². The first-order chi connectivity index (χ1) is 11.1. The zero-order valence-corrected chi connectivity index (χ0v) is 14.1. The number of hydrogen-bond acceptors (Lipinski definition) is 3. The number of rotatable bonds is 4. The van der Waals surface area contributed by atoms with E-state index in [0.29, 0.717) is 5.91 Å². The van der Waals surface area contributed by atoms with Crippen molar-refractivity contribution in [3.8, 4) is 0 Å². The fraction of sp³-hybridized carbons (Fsp3) is 0.684. The molecule has 4 heteroatoms. The first-order valence-corrected chi connectivity index (χ1v) is 9.09. The number of nitrogens with zero attached hydrogens (tertiary/aromatic N) is 3. The van der Waals surface area contributed by atoms with E-state index in [-0.39, 0.29) is 5.41 Å². The zero-order chi connectivity index (χ0) is 15.9. The van der Waals surface area contributed by atoms with Gasteiger partial charge in [0.2, 0.25) is 5.91 Å². The molecule has 3 aliphatic rings. The highest BCUT2D eigenvalue weighted by Crippen LogP contribution is 2.42. The number of pyridine rings is 1. The summed E-state index contributed by atoms with van der Waals surface area (Å²) in [5.74, 6) is 1.23. The van der Waals surface area contributed by atoms with E-state index in [4.69, 9.17) is 0 Å². The van der Waals surface area contributed by atoms with E-state index in [9.17, 15) is 4.79 Å². The Bertz CT molecular complexity index is 598. The molecule has 1 aromatic rings. The standard InChI is InChI=1S/C19H27N3O/c1-15-4-2-5-17(20-15)13-21-11-9-19(14-21)8-3-10-22(18(19)23)12-16-6-7-16/h2,4-5,16H,3,6-14H2,1H3/t19-/m1/s1. The van der Waals surface area contributed by atoms with E-state index in [1.165, 1.54) is 19.3 Å². The lowest BCUT2D eigenvalue weighted by atomic mass is 9.78. The molecule has 1 saturated carbocycles. The minimum absolute atomic E-state index is 0.100. The molecule has 0 unspecified atom stereocenters. The minimum atomic E-state index is -0.100. The molecular formula is C19H27N3O. The number of hydrogen-bond donors (Lipinski definition) is 0. The van der Waals surface area contributed by atoms with Crippen molar-refractivity contribution in [3.05, 3.63) is 29.6 Å². The fourth-order valence-electron chi connectivity index (χ4n) is 4.33. The summed E-state index contributed by atoms with van der Waals surface area (Å²) >= 11 is 0. The molecule has 0 radical (unpaired) electrons. The molecular weight excluding hydrogens is 286 g/mol. The Morgan fingerprint density at radius 1 is 1.26 bits per heavy atom. The van der Waals surface area contributed by atoms with Gasteiger partial charge in [0.05, 0.1) is 11.1 Å². The second kappa shape index (κ2) is 5.90. The van der Waals surface area contributed by atoms with Crippen molar-refractivity contribution in [2.45, 2.75) is 45.6 Å². The number of carbonyl (C=O) groups excluding carboxylic acids is 1. The Balaban J connectivity index is 1.42. The molecule has 2 saturated heterocycles. The maximum Gasteiger partial charge on any atom is 0.230 e. The highest BCUT2D eigenvalue weighted by molar-refractivity contribution is 5.84. The van der Waals surface area contributed by atoms with Crippen LogP contribution in [0.2, 0.25) is 0 Å². The first kappa shape index (κ1) is 15.1. The Morgan fingerprint density at radius 2 is 2.13 bits per heavy atom. The van der Waals surface area contributed by atoms with Gasteiger partial charge in [0.25, 0.3) is 0 Å². The van der Waals surface area contributed by atoms with Gasteiger partial charge >= 0.3 is 0 Å². The summed E-state index contributed by atoms with van der Waals surface area (Å²) in [6.07, 6.45) is 5.92. The Morgan fingerprint density at radius 3 is 2.91 bits per heavy atom. The van der Waals surface area contributed by atoms with Crippen LogP contribution in [-0.2, 0) is 11.3 Å². The van der Waals surface area contributed by atoms with Crippen LogP contribution in [0.3, 0.4) is 0 Å². The fourth-order valence-corrected chi connectivity index (χ4v) is 4.33.